The van der Waals surface area contributed by atoms with Gasteiger partial charge in [0.2, 0.25) is 0 Å². The Kier molecular flexibility index (Phi) is 4.25. The molecule has 0 bridgehead atoms. The third-order valence-electron chi connectivity index (χ3n) is 2.00. The van der Waals surface area contributed by atoms with Crippen molar-refractivity contribution in [2.75, 3.05) is 0 Å². The molecule has 0 amide bonds. The van der Waals surface area contributed by atoms with E-state index in [1.165, 1.54) is 11.8 Å². The zero-order valence-corrected chi connectivity index (χ0v) is 12.1. The van der Waals surface area contributed by atoms with Gasteiger partial charge in [-0.05, 0) is 40.7 Å². The Morgan fingerprint density at radius 2 is 2.12 bits per heavy atom. The summed E-state index contributed by atoms with van der Waals surface area (Å²) >= 11 is 1.47. The van der Waals surface area contributed by atoms with E-state index in [9.17, 15) is 4.79 Å². The van der Waals surface area contributed by atoms with E-state index in [2.05, 4.69) is 5.10 Å². The highest BCUT2D eigenvalue weighted by atomic mass is 32.2. The molecule has 0 saturated heterocycles. The van der Waals surface area contributed by atoms with Gasteiger partial charge in [-0.1, -0.05) is 11.8 Å². The van der Waals surface area contributed by atoms with Crippen molar-refractivity contribution in [2.24, 2.45) is 7.05 Å². The van der Waals surface area contributed by atoms with Crippen molar-refractivity contribution in [1.82, 2.24) is 9.78 Å². The predicted molar refractivity (Wildman–Crippen MR) is 69.1 cm³/mol. The van der Waals surface area contributed by atoms with Gasteiger partial charge >= 0.3 is 5.97 Å². The first-order chi connectivity index (χ1) is 7.69. The van der Waals surface area contributed by atoms with E-state index in [4.69, 9.17) is 4.74 Å². The van der Waals surface area contributed by atoms with E-state index in [1.807, 2.05) is 47.7 Å². The summed E-state index contributed by atoms with van der Waals surface area (Å²) in [6, 6.07) is 1.96. The monoisotopic (exact) mass is 256 g/mol. The molecular weight excluding hydrogens is 236 g/mol. The van der Waals surface area contributed by atoms with Crippen LogP contribution < -0.4 is 0 Å². The van der Waals surface area contributed by atoms with E-state index in [-0.39, 0.29) is 11.2 Å². The normalized spacial score (nSPS) is 13.5. The van der Waals surface area contributed by atoms with Crippen LogP contribution in [0.3, 0.4) is 0 Å². The maximum Gasteiger partial charge on any atom is 0.319 e. The highest BCUT2D eigenvalue weighted by Crippen LogP contribution is 2.25. The van der Waals surface area contributed by atoms with Gasteiger partial charge in [0.15, 0.2) is 0 Å². The summed E-state index contributed by atoms with van der Waals surface area (Å²) in [6.45, 7) is 9.40. The maximum absolute atomic E-state index is 11.8. The van der Waals surface area contributed by atoms with Crippen LogP contribution in [0.4, 0.5) is 0 Å². The highest BCUT2D eigenvalue weighted by molar-refractivity contribution is 8.00. The Bertz CT molecular complexity index is 407. The summed E-state index contributed by atoms with van der Waals surface area (Å²) in [5.74, 6) is -0.193. The van der Waals surface area contributed by atoms with Gasteiger partial charge in [0.1, 0.15) is 10.9 Å². The van der Waals surface area contributed by atoms with Gasteiger partial charge in [-0.2, -0.15) is 5.10 Å². The molecule has 0 fully saturated rings. The van der Waals surface area contributed by atoms with Crippen molar-refractivity contribution in [2.45, 2.75) is 50.5 Å². The smallest absolute Gasteiger partial charge is 0.319 e. The molecule has 0 spiro atoms. The van der Waals surface area contributed by atoms with Gasteiger partial charge in [-0.25, -0.2) is 0 Å². The van der Waals surface area contributed by atoms with Crippen molar-refractivity contribution in [1.29, 1.82) is 0 Å². The Hall–Kier alpha value is -0.970. The SMILES string of the molecule is Cc1cc(SC(C)C(=O)OC(C)(C)C)n(C)n1. The van der Waals surface area contributed by atoms with E-state index in [0.29, 0.717) is 0 Å². The van der Waals surface area contributed by atoms with Crippen LogP contribution in [0.2, 0.25) is 0 Å². The molecule has 0 N–H and O–H groups in total. The number of aryl methyl sites for hydroxylation is 2. The molecule has 0 aromatic carbocycles. The van der Waals surface area contributed by atoms with Gasteiger partial charge < -0.3 is 4.74 Å². The summed E-state index contributed by atoms with van der Waals surface area (Å²) in [4.78, 5) is 11.8. The van der Waals surface area contributed by atoms with Gasteiger partial charge in [0.25, 0.3) is 0 Å². The molecule has 0 saturated carbocycles. The van der Waals surface area contributed by atoms with Gasteiger partial charge in [0.05, 0.1) is 10.7 Å². The van der Waals surface area contributed by atoms with E-state index >= 15 is 0 Å². The molecule has 4 nitrogen and oxygen atoms in total. The molecule has 1 rings (SSSR count). The standard InChI is InChI=1S/C12H20N2O2S/c1-8-7-10(14(6)13-8)17-9(2)11(15)16-12(3,4)5/h7,9H,1-6H3. The second kappa shape index (κ2) is 5.12. The lowest BCUT2D eigenvalue weighted by molar-refractivity contribution is -0.153. The lowest BCUT2D eigenvalue weighted by Gasteiger charge is -2.21. The average Bonchev–Trinajstić information content (AvgIpc) is 2.42. The average molecular weight is 256 g/mol. The van der Waals surface area contributed by atoms with Crippen molar-refractivity contribution < 1.29 is 9.53 Å². The number of esters is 1. The first-order valence-corrected chi connectivity index (χ1v) is 6.47. The number of ether oxygens (including phenoxy) is 1. The summed E-state index contributed by atoms with van der Waals surface area (Å²) in [6.07, 6.45) is 0. The number of aromatic nitrogens is 2. The van der Waals surface area contributed by atoms with Gasteiger partial charge in [-0.3, -0.25) is 9.48 Å². The van der Waals surface area contributed by atoms with Crippen molar-refractivity contribution in [3.05, 3.63) is 11.8 Å². The van der Waals surface area contributed by atoms with Crippen molar-refractivity contribution in [3.63, 3.8) is 0 Å². The number of thioether (sulfide) groups is 1. The van der Waals surface area contributed by atoms with E-state index in [1.54, 1.807) is 4.68 Å². The Morgan fingerprint density at radius 3 is 2.53 bits per heavy atom. The summed E-state index contributed by atoms with van der Waals surface area (Å²) in [5.41, 5.74) is 0.514. The number of hydrogen-bond acceptors (Lipinski definition) is 4. The molecule has 96 valence electrons. The molecule has 1 aromatic heterocycles. The molecule has 0 aliphatic heterocycles. The molecule has 1 aromatic rings. The van der Waals surface area contributed by atoms with Crippen LogP contribution in [0, 0.1) is 6.92 Å². The Labute approximate surface area is 107 Å². The van der Waals surface area contributed by atoms with Crippen molar-refractivity contribution in [3.8, 4) is 0 Å². The molecular formula is C12H20N2O2S. The van der Waals surface area contributed by atoms with Gasteiger partial charge in [-0.15, -0.1) is 0 Å². The van der Waals surface area contributed by atoms with Crippen LogP contribution in [0.15, 0.2) is 11.1 Å². The van der Waals surface area contributed by atoms with Crippen molar-refractivity contribution >= 4 is 17.7 Å². The molecule has 0 aliphatic rings. The molecule has 1 atom stereocenters. The fourth-order valence-electron chi connectivity index (χ4n) is 1.31. The third-order valence-corrected chi connectivity index (χ3v) is 3.16. The second-order valence-electron chi connectivity index (χ2n) is 5.04. The fourth-order valence-corrected chi connectivity index (χ4v) is 2.25. The second-order valence-corrected chi connectivity index (χ2v) is 6.40. The van der Waals surface area contributed by atoms with Crippen LogP contribution in [0.5, 0.6) is 0 Å². The number of hydrogen-bond donors (Lipinski definition) is 0. The Morgan fingerprint density at radius 1 is 1.53 bits per heavy atom. The third kappa shape index (κ3) is 4.42. The largest absolute Gasteiger partial charge is 0.459 e. The number of carbonyl (C=O) groups excluding carboxylic acids is 1. The quantitative estimate of drug-likeness (QED) is 0.616. The van der Waals surface area contributed by atoms with E-state index < -0.39 is 5.60 Å². The van der Waals surface area contributed by atoms with Crippen LogP contribution >= 0.6 is 11.8 Å². The highest BCUT2D eigenvalue weighted by Gasteiger charge is 2.23. The minimum absolute atomic E-state index is 0.193. The van der Waals surface area contributed by atoms with E-state index in [0.717, 1.165) is 10.7 Å². The lowest BCUT2D eigenvalue weighted by atomic mass is 10.2. The molecule has 0 radical (unpaired) electrons. The topological polar surface area (TPSA) is 44.1 Å². The lowest BCUT2D eigenvalue weighted by Crippen LogP contribution is -2.28. The predicted octanol–water partition coefficient (Wildman–Crippen LogP) is 2.55. The molecule has 17 heavy (non-hydrogen) atoms. The zero-order chi connectivity index (χ0) is 13.2. The van der Waals surface area contributed by atoms with Crippen LogP contribution in [0.1, 0.15) is 33.4 Å². The molecule has 1 heterocycles. The number of carbonyl (C=O) groups is 1. The van der Waals surface area contributed by atoms with Gasteiger partial charge in [0, 0.05) is 7.05 Å². The fraction of sp³-hybridized carbons (Fsp3) is 0.667. The van der Waals surface area contributed by atoms with Crippen LogP contribution in [-0.2, 0) is 16.6 Å². The maximum atomic E-state index is 11.8. The molecule has 1 unspecified atom stereocenters. The van der Waals surface area contributed by atoms with Crippen LogP contribution in [0.25, 0.3) is 0 Å². The number of rotatable bonds is 3. The Balaban J connectivity index is 2.63. The molecule has 5 heteroatoms. The summed E-state index contributed by atoms with van der Waals surface area (Å²) < 4.78 is 7.11. The molecule has 0 aliphatic carbocycles. The first kappa shape index (κ1) is 14.1. The summed E-state index contributed by atoms with van der Waals surface area (Å²) in [5, 5.41) is 4.98. The minimum Gasteiger partial charge on any atom is -0.459 e. The van der Waals surface area contributed by atoms with Crippen LogP contribution in [-0.4, -0.2) is 26.6 Å². The minimum atomic E-state index is -0.436. The zero-order valence-electron chi connectivity index (χ0n) is 11.3. The summed E-state index contributed by atoms with van der Waals surface area (Å²) in [7, 11) is 1.87. The first-order valence-electron chi connectivity index (χ1n) is 5.59. The number of nitrogens with zero attached hydrogens (tertiary/aromatic N) is 2.